The third kappa shape index (κ3) is 4.39. The van der Waals surface area contributed by atoms with Crippen LogP contribution in [-0.4, -0.2) is 22.7 Å². The van der Waals surface area contributed by atoms with Gasteiger partial charge in [0.1, 0.15) is 5.75 Å². The van der Waals surface area contributed by atoms with Gasteiger partial charge in [0.15, 0.2) is 6.61 Å². The number of ether oxygens (including phenoxy) is 1. The SMILES string of the molecule is Cc1ccc(CNC(=O)COc2ccccc2)nn1. The minimum absolute atomic E-state index is 0.0106. The standard InChI is InChI=1S/C14H15N3O2/c1-11-7-8-12(17-16-11)9-15-14(18)10-19-13-5-3-2-4-6-13/h2-8H,9-10H2,1H3,(H,15,18). The fraction of sp³-hybridized carbons (Fsp3) is 0.214. The molecule has 98 valence electrons. The van der Waals surface area contributed by atoms with Gasteiger partial charge in [0, 0.05) is 0 Å². The number of hydrogen-bond acceptors (Lipinski definition) is 4. The Balaban J connectivity index is 1.74. The van der Waals surface area contributed by atoms with E-state index in [0.717, 1.165) is 11.4 Å². The van der Waals surface area contributed by atoms with E-state index in [9.17, 15) is 4.79 Å². The molecule has 0 saturated carbocycles. The van der Waals surface area contributed by atoms with Gasteiger partial charge in [-0.25, -0.2) is 0 Å². The monoisotopic (exact) mass is 257 g/mol. The molecule has 0 aliphatic rings. The maximum atomic E-state index is 11.6. The second-order valence-electron chi connectivity index (χ2n) is 4.04. The summed E-state index contributed by atoms with van der Waals surface area (Å²) in [5.74, 6) is 0.485. The van der Waals surface area contributed by atoms with Crippen LogP contribution < -0.4 is 10.1 Å². The largest absolute Gasteiger partial charge is 0.484 e. The van der Waals surface area contributed by atoms with Crippen LogP contribution in [-0.2, 0) is 11.3 Å². The first-order chi connectivity index (χ1) is 9.24. The Morgan fingerprint density at radius 1 is 1.16 bits per heavy atom. The van der Waals surface area contributed by atoms with Crippen molar-refractivity contribution >= 4 is 5.91 Å². The van der Waals surface area contributed by atoms with E-state index in [0.29, 0.717) is 12.3 Å². The highest BCUT2D eigenvalue weighted by Crippen LogP contribution is 2.07. The topological polar surface area (TPSA) is 64.1 Å². The lowest BCUT2D eigenvalue weighted by molar-refractivity contribution is -0.123. The number of carbonyl (C=O) groups is 1. The second-order valence-corrected chi connectivity index (χ2v) is 4.04. The molecule has 0 unspecified atom stereocenters. The molecule has 2 aromatic rings. The summed E-state index contributed by atoms with van der Waals surface area (Å²) in [6.45, 7) is 2.20. The molecule has 0 fully saturated rings. The molecular weight excluding hydrogens is 242 g/mol. The number of rotatable bonds is 5. The van der Waals surface area contributed by atoms with Crippen molar-refractivity contribution in [3.8, 4) is 5.75 Å². The first kappa shape index (κ1) is 13.0. The van der Waals surface area contributed by atoms with Crippen LogP contribution in [0.25, 0.3) is 0 Å². The lowest BCUT2D eigenvalue weighted by Crippen LogP contribution is -2.28. The molecule has 1 heterocycles. The maximum absolute atomic E-state index is 11.6. The molecule has 1 N–H and O–H groups in total. The molecule has 1 aromatic heterocycles. The van der Waals surface area contributed by atoms with Crippen LogP contribution in [0.3, 0.4) is 0 Å². The van der Waals surface area contributed by atoms with Crippen molar-refractivity contribution in [2.75, 3.05) is 6.61 Å². The van der Waals surface area contributed by atoms with Crippen molar-refractivity contribution in [3.05, 3.63) is 53.9 Å². The van der Waals surface area contributed by atoms with Crippen molar-refractivity contribution in [2.24, 2.45) is 0 Å². The quantitative estimate of drug-likeness (QED) is 0.881. The molecule has 1 aromatic carbocycles. The Bertz CT molecular complexity index is 526. The number of aryl methyl sites for hydroxylation is 1. The summed E-state index contributed by atoms with van der Waals surface area (Å²) in [5, 5.41) is 10.6. The zero-order chi connectivity index (χ0) is 13.5. The molecule has 0 spiro atoms. The molecule has 5 heteroatoms. The summed E-state index contributed by atoms with van der Waals surface area (Å²) in [6, 6.07) is 12.9. The Kier molecular flexibility index (Phi) is 4.44. The van der Waals surface area contributed by atoms with E-state index in [2.05, 4.69) is 15.5 Å². The van der Waals surface area contributed by atoms with Crippen LogP contribution in [0.5, 0.6) is 5.75 Å². The molecule has 0 bridgehead atoms. The summed E-state index contributed by atoms with van der Waals surface area (Å²) in [6.07, 6.45) is 0. The molecule has 0 aliphatic carbocycles. The van der Waals surface area contributed by atoms with Crippen molar-refractivity contribution in [2.45, 2.75) is 13.5 Å². The second kappa shape index (κ2) is 6.49. The molecule has 0 atom stereocenters. The van der Waals surface area contributed by atoms with E-state index in [1.165, 1.54) is 0 Å². The molecule has 19 heavy (non-hydrogen) atoms. The van der Waals surface area contributed by atoms with Gasteiger partial charge >= 0.3 is 0 Å². The van der Waals surface area contributed by atoms with Gasteiger partial charge in [0.05, 0.1) is 17.9 Å². The van der Waals surface area contributed by atoms with Crippen molar-refractivity contribution < 1.29 is 9.53 Å². The zero-order valence-electron chi connectivity index (χ0n) is 10.7. The smallest absolute Gasteiger partial charge is 0.258 e. The highest BCUT2D eigenvalue weighted by molar-refractivity contribution is 5.77. The Labute approximate surface area is 111 Å². The molecular formula is C14H15N3O2. The fourth-order valence-electron chi connectivity index (χ4n) is 1.43. The van der Waals surface area contributed by atoms with Crippen LogP contribution in [0.2, 0.25) is 0 Å². The molecule has 5 nitrogen and oxygen atoms in total. The first-order valence-corrected chi connectivity index (χ1v) is 5.98. The lowest BCUT2D eigenvalue weighted by Gasteiger charge is -2.06. The van der Waals surface area contributed by atoms with Gasteiger partial charge in [-0.1, -0.05) is 18.2 Å². The lowest BCUT2D eigenvalue weighted by atomic mass is 10.3. The number of hydrogen-bond donors (Lipinski definition) is 1. The molecule has 0 aliphatic heterocycles. The number of nitrogens with one attached hydrogen (secondary N) is 1. The van der Waals surface area contributed by atoms with Gasteiger partial charge in [-0.05, 0) is 31.2 Å². The van der Waals surface area contributed by atoms with Crippen molar-refractivity contribution in [1.29, 1.82) is 0 Å². The Hall–Kier alpha value is -2.43. The van der Waals surface area contributed by atoms with E-state index in [-0.39, 0.29) is 12.5 Å². The van der Waals surface area contributed by atoms with Gasteiger partial charge in [-0.15, -0.1) is 0 Å². The number of carbonyl (C=O) groups excluding carboxylic acids is 1. The zero-order valence-corrected chi connectivity index (χ0v) is 10.7. The maximum Gasteiger partial charge on any atom is 0.258 e. The van der Waals surface area contributed by atoms with Crippen LogP contribution in [0.15, 0.2) is 42.5 Å². The van der Waals surface area contributed by atoms with Crippen LogP contribution in [0.1, 0.15) is 11.4 Å². The van der Waals surface area contributed by atoms with E-state index in [1.54, 1.807) is 12.1 Å². The van der Waals surface area contributed by atoms with Crippen LogP contribution >= 0.6 is 0 Å². The molecule has 1 amide bonds. The number of aromatic nitrogens is 2. The van der Waals surface area contributed by atoms with E-state index >= 15 is 0 Å². The highest BCUT2D eigenvalue weighted by atomic mass is 16.5. The van der Waals surface area contributed by atoms with Crippen LogP contribution in [0, 0.1) is 6.92 Å². The third-order valence-corrected chi connectivity index (χ3v) is 2.43. The van der Waals surface area contributed by atoms with Crippen molar-refractivity contribution in [3.63, 3.8) is 0 Å². The number of nitrogens with zero attached hydrogens (tertiary/aromatic N) is 2. The average molecular weight is 257 g/mol. The molecule has 2 rings (SSSR count). The number of amides is 1. The van der Waals surface area contributed by atoms with Crippen molar-refractivity contribution in [1.82, 2.24) is 15.5 Å². The van der Waals surface area contributed by atoms with Gasteiger partial charge in [-0.2, -0.15) is 10.2 Å². The molecule has 0 radical (unpaired) electrons. The summed E-state index contributed by atoms with van der Waals surface area (Å²) < 4.78 is 5.33. The predicted octanol–water partition coefficient (Wildman–Crippen LogP) is 1.48. The summed E-state index contributed by atoms with van der Waals surface area (Å²) in [7, 11) is 0. The Morgan fingerprint density at radius 2 is 1.95 bits per heavy atom. The minimum Gasteiger partial charge on any atom is -0.484 e. The van der Waals surface area contributed by atoms with E-state index in [4.69, 9.17) is 4.74 Å². The fourth-order valence-corrected chi connectivity index (χ4v) is 1.43. The third-order valence-electron chi connectivity index (χ3n) is 2.43. The number of para-hydroxylation sites is 1. The van der Waals surface area contributed by atoms with E-state index in [1.807, 2.05) is 37.3 Å². The summed E-state index contributed by atoms with van der Waals surface area (Å²) in [5.41, 5.74) is 1.57. The van der Waals surface area contributed by atoms with Gasteiger partial charge in [0.2, 0.25) is 0 Å². The summed E-state index contributed by atoms with van der Waals surface area (Å²) in [4.78, 5) is 11.6. The summed E-state index contributed by atoms with van der Waals surface area (Å²) >= 11 is 0. The Morgan fingerprint density at radius 3 is 2.63 bits per heavy atom. The first-order valence-electron chi connectivity index (χ1n) is 5.98. The van der Waals surface area contributed by atoms with E-state index < -0.39 is 0 Å². The van der Waals surface area contributed by atoms with Gasteiger partial charge in [0.25, 0.3) is 5.91 Å². The van der Waals surface area contributed by atoms with Gasteiger partial charge < -0.3 is 10.1 Å². The minimum atomic E-state index is -0.189. The predicted molar refractivity (Wildman–Crippen MR) is 70.6 cm³/mol. The number of benzene rings is 1. The highest BCUT2D eigenvalue weighted by Gasteiger charge is 2.03. The molecule has 0 saturated heterocycles. The normalized spacial score (nSPS) is 9.95. The van der Waals surface area contributed by atoms with Crippen LogP contribution in [0.4, 0.5) is 0 Å². The average Bonchev–Trinajstić information content (AvgIpc) is 2.45. The van der Waals surface area contributed by atoms with Gasteiger partial charge in [-0.3, -0.25) is 4.79 Å².